The first-order valence-corrected chi connectivity index (χ1v) is 7.48. The molecular weight excluding hydrogens is 248 g/mol. The van der Waals surface area contributed by atoms with Crippen molar-refractivity contribution < 1.29 is 8.42 Å². The fraction of sp³-hybridized carbons (Fsp3) is 0.385. The predicted octanol–water partition coefficient (Wildman–Crippen LogP) is 0.532. The molecule has 1 aromatic rings. The van der Waals surface area contributed by atoms with E-state index in [-0.39, 0.29) is 5.75 Å². The average Bonchev–Trinajstić information content (AvgIpc) is 2.68. The molecule has 1 saturated heterocycles. The third-order valence-electron chi connectivity index (χ3n) is 2.85. The summed E-state index contributed by atoms with van der Waals surface area (Å²) in [6, 6.07) is 7.60. The second-order valence-corrected chi connectivity index (χ2v) is 6.29. The molecule has 0 aromatic heterocycles. The lowest BCUT2D eigenvalue weighted by molar-refractivity contribution is 0.440. The van der Waals surface area contributed by atoms with Crippen LogP contribution in [0.5, 0.6) is 0 Å². The first-order chi connectivity index (χ1) is 8.62. The Labute approximate surface area is 108 Å². The Hall–Kier alpha value is -1.35. The summed E-state index contributed by atoms with van der Waals surface area (Å²) >= 11 is 0. The molecule has 0 bridgehead atoms. The maximum Gasteiger partial charge on any atom is 0.214 e. The Bertz CT molecular complexity index is 567. The van der Waals surface area contributed by atoms with Crippen LogP contribution >= 0.6 is 0 Å². The fourth-order valence-electron chi connectivity index (χ4n) is 1.92. The fourth-order valence-corrected chi connectivity index (χ4v) is 3.42. The normalized spacial score (nSPS) is 18.3. The van der Waals surface area contributed by atoms with Gasteiger partial charge in [-0.25, -0.2) is 8.42 Å². The number of hydrogen-bond acceptors (Lipinski definition) is 3. The highest BCUT2D eigenvalue weighted by Gasteiger charge is 2.27. The molecule has 1 aromatic carbocycles. The number of nitrogens with two attached hydrogens (primary N) is 1. The molecular formula is C13H16N2O2S. The van der Waals surface area contributed by atoms with Crippen LogP contribution in [0.25, 0.3) is 0 Å². The van der Waals surface area contributed by atoms with Crippen LogP contribution in [-0.4, -0.2) is 31.6 Å². The molecule has 0 amide bonds. The maximum atomic E-state index is 11.7. The second-order valence-electron chi connectivity index (χ2n) is 4.21. The third-order valence-corrected chi connectivity index (χ3v) is 4.75. The predicted molar refractivity (Wildman–Crippen MR) is 71.2 cm³/mol. The molecule has 5 heteroatoms. The zero-order chi connectivity index (χ0) is 13.0. The van der Waals surface area contributed by atoms with E-state index in [2.05, 4.69) is 11.8 Å². The van der Waals surface area contributed by atoms with E-state index < -0.39 is 10.0 Å². The molecule has 1 aliphatic heterocycles. The number of hydrogen-bond donors (Lipinski definition) is 1. The number of benzene rings is 1. The highest BCUT2D eigenvalue weighted by molar-refractivity contribution is 7.89. The molecule has 0 unspecified atom stereocenters. The molecule has 0 aliphatic carbocycles. The summed E-state index contributed by atoms with van der Waals surface area (Å²) in [5.74, 6) is 5.99. The molecule has 4 nitrogen and oxygen atoms in total. The molecule has 0 radical (unpaired) electrons. The molecule has 0 spiro atoms. The van der Waals surface area contributed by atoms with Gasteiger partial charge in [-0.1, -0.05) is 24.0 Å². The van der Waals surface area contributed by atoms with Gasteiger partial charge in [-0.2, -0.15) is 4.31 Å². The van der Waals surface area contributed by atoms with Crippen molar-refractivity contribution >= 4 is 10.0 Å². The van der Waals surface area contributed by atoms with Gasteiger partial charge in [0.05, 0.1) is 12.3 Å². The standard InChI is InChI=1S/C13H16N2O2S/c14-8-1-3-12-4-6-13(7-5-12)11-15-9-2-10-18(15,16)17/h4-7H,2,8-11,14H2. The van der Waals surface area contributed by atoms with Crippen molar-refractivity contribution in [2.75, 3.05) is 18.8 Å². The first-order valence-electron chi connectivity index (χ1n) is 5.87. The van der Waals surface area contributed by atoms with E-state index in [1.165, 1.54) is 4.31 Å². The minimum absolute atomic E-state index is 0.271. The van der Waals surface area contributed by atoms with Gasteiger partial charge in [0.25, 0.3) is 0 Å². The van der Waals surface area contributed by atoms with Crippen molar-refractivity contribution in [1.29, 1.82) is 0 Å². The summed E-state index contributed by atoms with van der Waals surface area (Å²) < 4.78 is 24.9. The van der Waals surface area contributed by atoms with Crippen molar-refractivity contribution in [2.24, 2.45) is 5.73 Å². The van der Waals surface area contributed by atoms with Gasteiger partial charge in [0.15, 0.2) is 0 Å². The largest absolute Gasteiger partial charge is 0.320 e. The van der Waals surface area contributed by atoms with E-state index >= 15 is 0 Å². The molecule has 96 valence electrons. The van der Waals surface area contributed by atoms with Crippen LogP contribution in [-0.2, 0) is 16.6 Å². The number of nitrogens with zero attached hydrogens (tertiary/aromatic N) is 1. The van der Waals surface area contributed by atoms with Crippen LogP contribution in [0.15, 0.2) is 24.3 Å². The van der Waals surface area contributed by atoms with E-state index in [4.69, 9.17) is 5.73 Å². The topological polar surface area (TPSA) is 63.4 Å². The average molecular weight is 264 g/mol. The minimum Gasteiger partial charge on any atom is -0.320 e. The van der Waals surface area contributed by atoms with Gasteiger partial charge in [0, 0.05) is 18.7 Å². The zero-order valence-electron chi connectivity index (χ0n) is 10.1. The van der Waals surface area contributed by atoms with Crippen molar-refractivity contribution in [3.05, 3.63) is 35.4 Å². The third kappa shape index (κ3) is 3.10. The van der Waals surface area contributed by atoms with E-state index in [1.807, 2.05) is 24.3 Å². The Morgan fingerprint density at radius 1 is 1.28 bits per heavy atom. The summed E-state index contributed by atoms with van der Waals surface area (Å²) in [6.45, 7) is 1.41. The zero-order valence-corrected chi connectivity index (χ0v) is 10.9. The monoisotopic (exact) mass is 264 g/mol. The van der Waals surface area contributed by atoms with Crippen LogP contribution in [0.1, 0.15) is 17.5 Å². The van der Waals surface area contributed by atoms with E-state index in [9.17, 15) is 8.42 Å². The highest BCUT2D eigenvalue weighted by atomic mass is 32.2. The van der Waals surface area contributed by atoms with Gasteiger partial charge in [-0.15, -0.1) is 0 Å². The van der Waals surface area contributed by atoms with Crippen LogP contribution in [0.3, 0.4) is 0 Å². The SMILES string of the molecule is NCC#Cc1ccc(CN2CCCS2(=O)=O)cc1. The molecule has 18 heavy (non-hydrogen) atoms. The van der Waals surface area contributed by atoms with Crippen molar-refractivity contribution in [1.82, 2.24) is 4.31 Å². The van der Waals surface area contributed by atoms with Gasteiger partial charge < -0.3 is 5.73 Å². The van der Waals surface area contributed by atoms with Crippen molar-refractivity contribution in [3.8, 4) is 11.8 Å². The molecule has 1 fully saturated rings. The lowest BCUT2D eigenvalue weighted by Crippen LogP contribution is -2.25. The summed E-state index contributed by atoms with van der Waals surface area (Å²) in [6.07, 6.45) is 0.725. The van der Waals surface area contributed by atoms with Gasteiger partial charge in [0.1, 0.15) is 0 Å². The van der Waals surface area contributed by atoms with Crippen LogP contribution in [0.4, 0.5) is 0 Å². The Morgan fingerprint density at radius 2 is 2.00 bits per heavy atom. The lowest BCUT2D eigenvalue weighted by Gasteiger charge is -2.13. The quantitative estimate of drug-likeness (QED) is 0.793. The van der Waals surface area contributed by atoms with Crippen molar-refractivity contribution in [2.45, 2.75) is 13.0 Å². The summed E-state index contributed by atoms with van der Waals surface area (Å²) in [5, 5.41) is 0. The van der Waals surface area contributed by atoms with E-state index in [0.29, 0.717) is 19.6 Å². The number of rotatable bonds is 2. The molecule has 1 heterocycles. The summed E-state index contributed by atoms with van der Waals surface area (Å²) in [4.78, 5) is 0. The molecule has 1 aliphatic rings. The van der Waals surface area contributed by atoms with Crippen LogP contribution in [0, 0.1) is 11.8 Å². The van der Waals surface area contributed by atoms with Crippen molar-refractivity contribution in [3.63, 3.8) is 0 Å². The van der Waals surface area contributed by atoms with Gasteiger partial charge >= 0.3 is 0 Å². The van der Waals surface area contributed by atoms with Gasteiger partial charge in [-0.3, -0.25) is 0 Å². The molecule has 2 rings (SSSR count). The number of sulfonamides is 1. The van der Waals surface area contributed by atoms with Crippen LogP contribution < -0.4 is 5.73 Å². The Kier molecular flexibility index (Phi) is 4.02. The van der Waals surface area contributed by atoms with Gasteiger partial charge in [-0.05, 0) is 24.1 Å². The Morgan fingerprint density at radius 3 is 2.56 bits per heavy atom. The van der Waals surface area contributed by atoms with Gasteiger partial charge in [0.2, 0.25) is 10.0 Å². The highest BCUT2D eigenvalue weighted by Crippen LogP contribution is 2.17. The minimum atomic E-state index is -3.02. The second kappa shape index (κ2) is 5.53. The lowest BCUT2D eigenvalue weighted by atomic mass is 10.1. The van der Waals surface area contributed by atoms with E-state index in [0.717, 1.165) is 17.5 Å². The van der Waals surface area contributed by atoms with E-state index in [1.54, 1.807) is 0 Å². The molecule has 0 saturated carbocycles. The maximum absolute atomic E-state index is 11.7. The summed E-state index contributed by atoms with van der Waals surface area (Å²) in [7, 11) is -3.02. The first kappa shape index (κ1) is 13.1. The molecule has 2 N–H and O–H groups in total. The smallest absolute Gasteiger partial charge is 0.214 e. The molecule has 0 atom stereocenters. The summed E-state index contributed by atoms with van der Waals surface area (Å²) in [5.41, 5.74) is 7.18. The van der Waals surface area contributed by atoms with Crippen LogP contribution in [0.2, 0.25) is 0 Å². The Balaban J connectivity index is 2.07.